The largest absolute Gasteiger partial charge is 0.303 e. The molecule has 0 aromatic rings. The van der Waals surface area contributed by atoms with Gasteiger partial charge >= 0.3 is 0 Å². The van der Waals surface area contributed by atoms with Crippen molar-refractivity contribution < 1.29 is 0 Å². The molecule has 0 bridgehead atoms. The predicted molar refractivity (Wildman–Crippen MR) is 77.6 cm³/mol. The number of hydrogen-bond donors (Lipinski definition) is 0. The van der Waals surface area contributed by atoms with E-state index in [-0.39, 0.29) is 0 Å². The molecule has 2 heteroatoms. The van der Waals surface area contributed by atoms with Crippen LogP contribution in [-0.4, -0.2) is 29.9 Å². The van der Waals surface area contributed by atoms with E-state index in [0.29, 0.717) is 5.38 Å². The van der Waals surface area contributed by atoms with Crippen LogP contribution in [0, 0.1) is 6.42 Å². The highest BCUT2D eigenvalue weighted by atomic mass is 35.5. The molecule has 0 N–H and O–H groups in total. The summed E-state index contributed by atoms with van der Waals surface area (Å²) in [6, 6.07) is 0. The molecule has 0 aliphatic carbocycles. The third-order valence-corrected chi connectivity index (χ3v) is 4.05. The lowest BCUT2D eigenvalue weighted by Crippen LogP contribution is -2.30. The van der Waals surface area contributed by atoms with E-state index in [4.69, 9.17) is 11.6 Å². The Morgan fingerprint density at radius 2 is 1.88 bits per heavy atom. The Morgan fingerprint density at radius 3 is 2.59 bits per heavy atom. The zero-order valence-electron chi connectivity index (χ0n) is 11.5. The summed E-state index contributed by atoms with van der Waals surface area (Å²) in [7, 11) is 0. The minimum absolute atomic E-state index is 0.396. The van der Waals surface area contributed by atoms with E-state index >= 15 is 0 Å². The predicted octanol–water partition coefficient (Wildman–Crippen LogP) is 4.64. The summed E-state index contributed by atoms with van der Waals surface area (Å²) in [5, 5.41) is 0.396. The Morgan fingerprint density at radius 1 is 1.12 bits per heavy atom. The van der Waals surface area contributed by atoms with Crippen molar-refractivity contribution in [2.75, 3.05) is 19.6 Å². The van der Waals surface area contributed by atoms with Gasteiger partial charge in [0.1, 0.15) is 0 Å². The minimum atomic E-state index is 0.396. The van der Waals surface area contributed by atoms with Crippen molar-refractivity contribution in [3.8, 4) is 0 Å². The van der Waals surface area contributed by atoms with Gasteiger partial charge in [-0.3, -0.25) is 0 Å². The average molecular weight is 259 g/mol. The van der Waals surface area contributed by atoms with Gasteiger partial charge in [0.05, 0.1) is 0 Å². The molecule has 1 rings (SSSR count). The highest BCUT2D eigenvalue weighted by molar-refractivity contribution is 6.20. The molecule has 1 fully saturated rings. The van der Waals surface area contributed by atoms with Crippen molar-refractivity contribution in [1.82, 2.24) is 4.90 Å². The summed E-state index contributed by atoms with van der Waals surface area (Å²) in [6.45, 7) is 6.13. The zero-order valence-corrected chi connectivity index (χ0v) is 12.2. The van der Waals surface area contributed by atoms with E-state index in [1.54, 1.807) is 0 Å². The summed E-state index contributed by atoms with van der Waals surface area (Å²) in [6.07, 6.45) is 14.0. The average Bonchev–Trinajstić information content (AvgIpc) is 2.36. The molecule has 1 atom stereocenters. The molecule has 1 unspecified atom stereocenters. The first-order valence-corrected chi connectivity index (χ1v) is 7.94. The minimum Gasteiger partial charge on any atom is -0.303 e. The van der Waals surface area contributed by atoms with Crippen LogP contribution in [0.2, 0.25) is 0 Å². The molecule has 17 heavy (non-hydrogen) atoms. The summed E-state index contributed by atoms with van der Waals surface area (Å²) < 4.78 is 0. The van der Waals surface area contributed by atoms with Crippen molar-refractivity contribution in [2.24, 2.45) is 0 Å². The van der Waals surface area contributed by atoms with Gasteiger partial charge < -0.3 is 4.90 Å². The molecular formula is C15H29ClN. The molecule has 0 aromatic heterocycles. The van der Waals surface area contributed by atoms with Crippen LogP contribution >= 0.6 is 11.6 Å². The second-order valence-corrected chi connectivity index (χ2v) is 5.91. The second kappa shape index (κ2) is 10.2. The zero-order chi connectivity index (χ0) is 12.3. The maximum absolute atomic E-state index is 6.34. The number of alkyl halides is 1. The van der Waals surface area contributed by atoms with Crippen LogP contribution in [0.1, 0.15) is 64.7 Å². The van der Waals surface area contributed by atoms with Crippen LogP contribution in [0.3, 0.4) is 0 Å². The maximum Gasteiger partial charge on any atom is 0.0336 e. The van der Waals surface area contributed by atoms with Gasteiger partial charge in [-0.25, -0.2) is 0 Å². The standard InChI is InChI=1S/C15H29ClN/c1-2-3-4-6-10-15(16)11-9-14-17-12-7-5-8-13-17/h4,15H,2-3,5-14H2,1H3. The second-order valence-electron chi connectivity index (χ2n) is 5.30. The van der Waals surface area contributed by atoms with Crippen LogP contribution in [0.25, 0.3) is 0 Å². The summed E-state index contributed by atoms with van der Waals surface area (Å²) in [4.78, 5) is 2.61. The molecular weight excluding hydrogens is 230 g/mol. The van der Waals surface area contributed by atoms with Crippen molar-refractivity contribution in [3.05, 3.63) is 6.42 Å². The van der Waals surface area contributed by atoms with E-state index in [1.165, 1.54) is 77.4 Å². The van der Waals surface area contributed by atoms with Gasteiger partial charge in [-0.2, -0.15) is 0 Å². The first-order chi connectivity index (χ1) is 8.33. The van der Waals surface area contributed by atoms with Crippen LogP contribution < -0.4 is 0 Å². The molecule has 1 saturated heterocycles. The first-order valence-electron chi connectivity index (χ1n) is 7.51. The molecule has 1 aliphatic heterocycles. The van der Waals surface area contributed by atoms with E-state index in [0.717, 1.165) is 0 Å². The smallest absolute Gasteiger partial charge is 0.0336 e. The lowest BCUT2D eigenvalue weighted by molar-refractivity contribution is 0.224. The van der Waals surface area contributed by atoms with Gasteiger partial charge in [0.15, 0.2) is 0 Å². The highest BCUT2D eigenvalue weighted by Gasteiger charge is 2.10. The van der Waals surface area contributed by atoms with Crippen LogP contribution in [-0.2, 0) is 0 Å². The Labute approximate surface area is 113 Å². The van der Waals surface area contributed by atoms with Crippen molar-refractivity contribution in [3.63, 3.8) is 0 Å². The normalized spacial score (nSPS) is 19.4. The van der Waals surface area contributed by atoms with Gasteiger partial charge in [0, 0.05) is 5.38 Å². The van der Waals surface area contributed by atoms with Crippen molar-refractivity contribution in [1.29, 1.82) is 0 Å². The number of halogens is 1. The van der Waals surface area contributed by atoms with Gasteiger partial charge in [0.25, 0.3) is 0 Å². The number of hydrogen-bond acceptors (Lipinski definition) is 1. The SMILES string of the molecule is CCC[CH]CCC(Cl)CCCN1CCCCC1. The van der Waals surface area contributed by atoms with Crippen LogP contribution in [0.15, 0.2) is 0 Å². The fourth-order valence-corrected chi connectivity index (χ4v) is 2.79. The molecule has 1 heterocycles. The fourth-order valence-electron chi connectivity index (χ4n) is 2.51. The number of nitrogens with zero attached hydrogens (tertiary/aromatic N) is 1. The topological polar surface area (TPSA) is 3.24 Å². The highest BCUT2D eigenvalue weighted by Crippen LogP contribution is 2.16. The molecule has 1 radical (unpaired) electrons. The summed E-state index contributed by atoms with van der Waals surface area (Å²) in [5.41, 5.74) is 0. The third kappa shape index (κ3) is 8.05. The van der Waals surface area contributed by atoms with E-state index < -0.39 is 0 Å². The quantitative estimate of drug-likeness (QED) is 0.430. The van der Waals surface area contributed by atoms with Gasteiger partial charge in [-0.15, -0.1) is 11.6 Å². The molecule has 101 valence electrons. The Kier molecular flexibility index (Phi) is 9.18. The van der Waals surface area contributed by atoms with Crippen molar-refractivity contribution >= 4 is 11.6 Å². The van der Waals surface area contributed by atoms with Gasteiger partial charge in [-0.05, 0) is 64.6 Å². The summed E-state index contributed by atoms with van der Waals surface area (Å²) in [5.74, 6) is 0. The Bertz CT molecular complexity index is 166. The monoisotopic (exact) mass is 258 g/mol. The maximum atomic E-state index is 6.34. The van der Waals surface area contributed by atoms with Gasteiger partial charge in [0.2, 0.25) is 0 Å². The molecule has 0 spiro atoms. The molecule has 0 amide bonds. The number of unbranched alkanes of at least 4 members (excludes halogenated alkanes) is 3. The van der Waals surface area contributed by atoms with E-state index in [1.807, 2.05) is 0 Å². The number of likely N-dealkylation sites (tertiary alicyclic amines) is 1. The molecule has 0 aromatic carbocycles. The lowest BCUT2D eigenvalue weighted by Gasteiger charge is -2.26. The third-order valence-electron chi connectivity index (χ3n) is 3.62. The lowest BCUT2D eigenvalue weighted by atomic mass is 10.1. The summed E-state index contributed by atoms with van der Waals surface area (Å²) >= 11 is 6.34. The van der Waals surface area contributed by atoms with E-state index in [2.05, 4.69) is 18.2 Å². The van der Waals surface area contributed by atoms with Gasteiger partial charge in [-0.1, -0.05) is 26.2 Å². The number of rotatable bonds is 9. The Balaban J connectivity index is 1.90. The van der Waals surface area contributed by atoms with E-state index in [9.17, 15) is 0 Å². The first kappa shape index (κ1) is 15.3. The Hall–Kier alpha value is 0.250. The van der Waals surface area contributed by atoms with Crippen molar-refractivity contribution in [2.45, 2.75) is 70.1 Å². The molecule has 1 aliphatic rings. The number of piperidine rings is 1. The molecule has 0 saturated carbocycles. The molecule has 1 nitrogen and oxygen atoms in total. The van der Waals surface area contributed by atoms with Crippen LogP contribution in [0.4, 0.5) is 0 Å². The fraction of sp³-hybridized carbons (Fsp3) is 0.933. The van der Waals surface area contributed by atoms with Crippen LogP contribution in [0.5, 0.6) is 0 Å².